The van der Waals surface area contributed by atoms with Crippen LogP contribution in [0.2, 0.25) is 0 Å². The highest BCUT2D eigenvalue weighted by atomic mass is 15.5. The van der Waals surface area contributed by atoms with Crippen LogP contribution in [-0.4, -0.2) is 47.5 Å². The van der Waals surface area contributed by atoms with E-state index in [-0.39, 0.29) is 0 Å². The summed E-state index contributed by atoms with van der Waals surface area (Å²) in [4.78, 5) is 10.3. The molecular weight excluding hydrogens is 294 g/mol. The number of rotatable bonds is 5. The highest BCUT2D eigenvalue weighted by molar-refractivity contribution is 5.84. The Labute approximate surface area is 148 Å². The molecule has 3 heteroatoms. The van der Waals surface area contributed by atoms with Gasteiger partial charge in [0.05, 0.1) is 12.6 Å². The Morgan fingerprint density at radius 1 is 0.958 bits per heavy atom. The Morgan fingerprint density at radius 2 is 1.67 bits per heavy atom. The van der Waals surface area contributed by atoms with Crippen LogP contribution in [0, 0.1) is 11.8 Å². The van der Waals surface area contributed by atoms with Crippen molar-refractivity contribution in [2.45, 2.75) is 96.1 Å². The zero-order valence-electron chi connectivity index (χ0n) is 15.8. The van der Waals surface area contributed by atoms with E-state index < -0.39 is 0 Å². The Morgan fingerprint density at radius 3 is 2.42 bits per heavy atom. The number of guanidine groups is 1. The van der Waals surface area contributed by atoms with Gasteiger partial charge in [-0.25, -0.2) is 0 Å². The average Bonchev–Trinajstić information content (AvgIpc) is 3.17. The fraction of sp³-hybridized carbons (Fsp3) is 0.952. The Kier molecular flexibility index (Phi) is 5.34. The molecule has 3 nitrogen and oxygen atoms in total. The third kappa shape index (κ3) is 3.46. The van der Waals surface area contributed by atoms with Gasteiger partial charge in [0.2, 0.25) is 0 Å². The van der Waals surface area contributed by atoms with Gasteiger partial charge in [-0.2, -0.15) is 0 Å². The van der Waals surface area contributed by atoms with E-state index in [2.05, 4.69) is 16.7 Å². The van der Waals surface area contributed by atoms with E-state index in [1.165, 1.54) is 96.1 Å². The monoisotopic (exact) mass is 331 g/mol. The fourth-order valence-electron chi connectivity index (χ4n) is 5.78. The molecule has 2 heterocycles. The van der Waals surface area contributed by atoms with Crippen molar-refractivity contribution < 1.29 is 0 Å². The van der Waals surface area contributed by atoms with Gasteiger partial charge < -0.3 is 9.80 Å². The predicted octanol–water partition coefficient (Wildman–Crippen LogP) is 4.67. The third-order valence-electron chi connectivity index (χ3n) is 7.26. The van der Waals surface area contributed by atoms with Crippen LogP contribution in [0.3, 0.4) is 0 Å². The minimum atomic E-state index is 0.634. The first-order valence-electron chi connectivity index (χ1n) is 10.9. The van der Waals surface area contributed by atoms with Crippen molar-refractivity contribution in [3.63, 3.8) is 0 Å². The van der Waals surface area contributed by atoms with Crippen LogP contribution in [0.4, 0.5) is 0 Å². The lowest BCUT2D eigenvalue weighted by atomic mass is 9.83. The van der Waals surface area contributed by atoms with Crippen molar-refractivity contribution in [2.75, 3.05) is 19.6 Å². The first-order valence-corrected chi connectivity index (χ1v) is 10.9. The third-order valence-corrected chi connectivity index (χ3v) is 7.26. The summed E-state index contributed by atoms with van der Waals surface area (Å²) >= 11 is 0. The molecule has 2 atom stereocenters. The molecule has 4 rings (SSSR count). The molecule has 2 aliphatic heterocycles. The molecule has 0 unspecified atom stereocenters. The van der Waals surface area contributed by atoms with Crippen LogP contribution in [-0.2, 0) is 0 Å². The number of nitrogens with zero attached hydrogens (tertiary/aromatic N) is 3. The van der Waals surface area contributed by atoms with Gasteiger partial charge in [-0.1, -0.05) is 51.4 Å². The van der Waals surface area contributed by atoms with Crippen LogP contribution in [0.15, 0.2) is 4.99 Å². The van der Waals surface area contributed by atoms with E-state index in [0.717, 1.165) is 24.4 Å². The highest BCUT2D eigenvalue weighted by Crippen LogP contribution is 2.35. The first kappa shape index (κ1) is 16.7. The number of hydrogen-bond donors (Lipinski definition) is 0. The summed E-state index contributed by atoms with van der Waals surface area (Å²) in [7, 11) is 0. The second kappa shape index (κ2) is 7.66. The lowest BCUT2D eigenvalue weighted by Crippen LogP contribution is -2.41. The van der Waals surface area contributed by atoms with E-state index >= 15 is 0 Å². The predicted molar refractivity (Wildman–Crippen MR) is 101 cm³/mol. The van der Waals surface area contributed by atoms with E-state index in [1.807, 2.05) is 0 Å². The van der Waals surface area contributed by atoms with Gasteiger partial charge in [0.1, 0.15) is 0 Å². The lowest BCUT2D eigenvalue weighted by molar-refractivity contribution is 0.190. The molecule has 3 fully saturated rings. The molecule has 0 bridgehead atoms. The molecule has 0 N–H and O–H groups in total. The van der Waals surface area contributed by atoms with Gasteiger partial charge in [0.15, 0.2) is 5.96 Å². The van der Waals surface area contributed by atoms with Crippen LogP contribution in [0.1, 0.15) is 84.0 Å². The smallest absolute Gasteiger partial charge is 0.197 e. The minimum absolute atomic E-state index is 0.634. The van der Waals surface area contributed by atoms with Crippen molar-refractivity contribution in [3.05, 3.63) is 0 Å². The zero-order chi connectivity index (χ0) is 16.4. The average molecular weight is 332 g/mol. The van der Waals surface area contributed by atoms with Crippen molar-refractivity contribution in [1.29, 1.82) is 0 Å². The van der Waals surface area contributed by atoms with Crippen LogP contribution >= 0.6 is 0 Å². The standard InChI is InChI=1S/C21H37N3/c1-17-15-22-21-23(14-8-11-18-9-4-2-5-10-18)20(16-24(17)21)19-12-6-3-7-13-19/h17-20H,2-16H2,1H3/t17-,20+/m0/s1. The molecule has 24 heavy (non-hydrogen) atoms. The highest BCUT2D eigenvalue weighted by Gasteiger charge is 2.43. The van der Waals surface area contributed by atoms with Gasteiger partial charge in [-0.3, -0.25) is 4.99 Å². The maximum Gasteiger partial charge on any atom is 0.197 e. The van der Waals surface area contributed by atoms with Gasteiger partial charge in [-0.05, 0) is 44.4 Å². The van der Waals surface area contributed by atoms with Crippen molar-refractivity contribution >= 4 is 5.96 Å². The molecule has 0 aromatic rings. The normalized spacial score (nSPS) is 32.3. The van der Waals surface area contributed by atoms with Gasteiger partial charge in [0, 0.05) is 19.1 Å². The van der Waals surface area contributed by atoms with E-state index in [1.54, 1.807) is 0 Å². The molecule has 0 amide bonds. The topological polar surface area (TPSA) is 18.8 Å². The molecule has 2 saturated carbocycles. The summed E-state index contributed by atoms with van der Waals surface area (Å²) in [6.45, 7) is 5.90. The summed E-state index contributed by atoms with van der Waals surface area (Å²) < 4.78 is 0. The maximum absolute atomic E-state index is 4.94. The summed E-state index contributed by atoms with van der Waals surface area (Å²) in [5.41, 5.74) is 0. The van der Waals surface area contributed by atoms with E-state index in [4.69, 9.17) is 4.99 Å². The van der Waals surface area contributed by atoms with Crippen molar-refractivity contribution in [1.82, 2.24) is 9.80 Å². The lowest BCUT2D eigenvalue weighted by Gasteiger charge is -2.34. The Balaban J connectivity index is 1.37. The summed E-state index contributed by atoms with van der Waals surface area (Å²) in [5.74, 6) is 3.31. The minimum Gasteiger partial charge on any atom is -0.338 e. The molecule has 0 spiro atoms. The molecular formula is C21H37N3. The first-order chi connectivity index (χ1) is 11.8. The van der Waals surface area contributed by atoms with Gasteiger partial charge >= 0.3 is 0 Å². The zero-order valence-corrected chi connectivity index (χ0v) is 15.8. The molecule has 2 aliphatic carbocycles. The quantitative estimate of drug-likeness (QED) is 0.729. The van der Waals surface area contributed by atoms with E-state index in [9.17, 15) is 0 Å². The molecule has 136 valence electrons. The SMILES string of the molecule is C[C@H]1CN=C2N(CCCC3CCCCC3)[C@@H](C3CCCCC3)CN21. The largest absolute Gasteiger partial charge is 0.338 e. The number of fused-ring (bicyclic) bond motifs is 1. The summed E-state index contributed by atoms with van der Waals surface area (Å²) in [6.07, 6.45) is 17.6. The van der Waals surface area contributed by atoms with Crippen molar-refractivity contribution in [2.24, 2.45) is 16.8 Å². The second-order valence-corrected chi connectivity index (χ2v) is 8.95. The maximum atomic E-state index is 4.94. The Bertz CT molecular complexity index is 434. The summed E-state index contributed by atoms with van der Waals surface area (Å²) in [6, 6.07) is 1.40. The van der Waals surface area contributed by atoms with Crippen LogP contribution < -0.4 is 0 Å². The molecule has 0 aromatic heterocycles. The molecule has 0 aromatic carbocycles. The second-order valence-electron chi connectivity index (χ2n) is 8.95. The van der Waals surface area contributed by atoms with Crippen LogP contribution in [0.5, 0.6) is 0 Å². The van der Waals surface area contributed by atoms with Gasteiger partial charge in [-0.15, -0.1) is 0 Å². The molecule has 1 saturated heterocycles. The molecule has 4 aliphatic rings. The van der Waals surface area contributed by atoms with Gasteiger partial charge in [0.25, 0.3) is 0 Å². The van der Waals surface area contributed by atoms with E-state index in [0.29, 0.717) is 6.04 Å². The number of aliphatic imine (C=N–C) groups is 1. The van der Waals surface area contributed by atoms with Crippen LogP contribution in [0.25, 0.3) is 0 Å². The van der Waals surface area contributed by atoms with Crippen molar-refractivity contribution in [3.8, 4) is 0 Å². The summed E-state index contributed by atoms with van der Waals surface area (Å²) in [5, 5.41) is 0. The number of hydrogen-bond acceptors (Lipinski definition) is 3. The fourth-order valence-corrected chi connectivity index (χ4v) is 5.78. The Hall–Kier alpha value is -0.730. The molecule has 0 radical (unpaired) electrons.